The van der Waals surface area contributed by atoms with Crippen LogP contribution in [0.15, 0.2) is 23.1 Å². The van der Waals surface area contributed by atoms with E-state index < -0.39 is 28.0 Å². The number of Topliss-reactive ketones (excluding diaryl/α,β-unsaturated/α-hetero) is 1. The van der Waals surface area contributed by atoms with Gasteiger partial charge in [0.1, 0.15) is 5.82 Å². The Kier molecular flexibility index (Phi) is 4.82. The number of hydrogen-bond acceptors (Lipinski definition) is 2. The second-order valence-electron chi connectivity index (χ2n) is 3.16. The summed E-state index contributed by atoms with van der Waals surface area (Å²) in [6.45, 7) is 0. The number of carbonyl (C=O) groups excluding carboxylic acids is 1. The van der Waals surface area contributed by atoms with Crippen molar-refractivity contribution in [3.05, 3.63) is 29.6 Å². The van der Waals surface area contributed by atoms with Crippen LogP contribution < -0.4 is 0 Å². The van der Waals surface area contributed by atoms with Gasteiger partial charge in [0.05, 0.1) is 10.8 Å². The summed E-state index contributed by atoms with van der Waals surface area (Å²) >= 11 is 4.73. The first-order chi connectivity index (χ1) is 7.81. The number of thioether (sulfide) groups is 1. The number of ketones is 1. The Morgan fingerprint density at radius 1 is 1.35 bits per heavy atom. The van der Waals surface area contributed by atoms with Gasteiger partial charge >= 0.3 is 5.51 Å². The largest absolute Gasteiger partial charge is 0.446 e. The van der Waals surface area contributed by atoms with Crippen LogP contribution in [0.5, 0.6) is 0 Å². The monoisotopic (exact) mass is 286 g/mol. The molecule has 0 bridgehead atoms. The third-order valence-electron chi connectivity index (χ3n) is 1.77. The average Bonchev–Trinajstić information content (AvgIpc) is 2.21. The van der Waals surface area contributed by atoms with Gasteiger partial charge in [-0.1, -0.05) is 6.07 Å². The Balaban J connectivity index is 2.90. The highest BCUT2D eigenvalue weighted by molar-refractivity contribution is 8.00. The van der Waals surface area contributed by atoms with Crippen LogP contribution in [-0.4, -0.2) is 17.2 Å². The fourth-order valence-corrected chi connectivity index (χ4v) is 1.86. The third kappa shape index (κ3) is 4.95. The van der Waals surface area contributed by atoms with Gasteiger partial charge in [-0.2, -0.15) is 13.2 Å². The normalized spacial score (nSPS) is 11.6. The van der Waals surface area contributed by atoms with Crippen molar-refractivity contribution in [1.82, 2.24) is 0 Å². The molecule has 1 aromatic rings. The van der Waals surface area contributed by atoms with Gasteiger partial charge < -0.3 is 0 Å². The summed E-state index contributed by atoms with van der Waals surface area (Å²) in [5.41, 5.74) is -4.25. The molecule has 0 fully saturated rings. The molecule has 0 aromatic heterocycles. The molecule has 0 aliphatic rings. The first-order valence-electron chi connectivity index (χ1n) is 4.43. The molecule has 94 valence electrons. The van der Waals surface area contributed by atoms with E-state index in [-0.39, 0.29) is 18.1 Å². The van der Waals surface area contributed by atoms with E-state index in [0.717, 1.165) is 12.1 Å². The first-order valence-corrected chi connectivity index (χ1v) is 5.79. The molecule has 1 nitrogen and oxygen atoms in total. The highest BCUT2D eigenvalue weighted by Gasteiger charge is 2.30. The Labute approximate surface area is 104 Å². The van der Waals surface area contributed by atoms with Crippen LogP contribution in [-0.2, 0) is 11.2 Å². The van der Waals surface area contributed by atoms with Gasteiger partial charge in [0.25, 0.3) is 0 Å². The summed E-state index contributed by atoms with van der Waals surface area (Å²) in [6, 6.07) is 3.18. The molecule has 0 saturated carbocycles. The van der Waals surface area contributed by atoms with Crippen LogP contribution in [0.25, 0.3) is 0 Å². The fraction of sp³-hybridized carbons (Fsp3) is 0.300. The maximum atomic E-state index is 13.1. The Morgan fingerprint density at radius 2 is 2.00 bits per heavy atom. The fourth-order valence-electron chi connectivity index (χ4n) is 1.14. The molecule has 0 atom stereocenters. The molecule has 0 unspecified atom stereocenters. The molecule has 0 aliphatic heterocycles. The third-order valence-corrected chi connectivity index (χ3v) is 2.83. The molecule has 0 amide bonds. The van der Waals surface area contributed by atoms with Crippen LogP contribution in [0.4, 0.5) is 17.6 Å². The van der Waals surface area contributed by atoms with E-state index in [9.17, 15) is 22.4 Å². The van der Waals surface area contributed by atoms with Crippen molar-refractivity contribution in [1.29, 1.82) is 0 Å². The first kappa shape index (κ1) is 14.3. The lowest BCUT2D eigenvalue weighted by atomic mass is 10.1. The second-order valence-corrected chi connectivity index (χ2v) is 4.54. The quantitative estimate of drug-likeness (QED) is 0.476. The molecule has 1 aromatic carbocycles. The predicted octanol–water partition coefficient (Wildman–Crippen LogP) is 3.79. The van der Waals surface area contributed by atoms with Crippen molar-refractivity contribution in [3.63, 3.8) is 0 Å². The average molecular weight is 287 g/mol. The molecule has 0 N–H and O–H groups in total. The molecule has 0 saturated heterocycles. The van der Waals surface area contributed by atoms with E-state index in [0.29, 0.717) is 5.56 Å². The zero-order valence-electron chi connectivity index (χ0n) is 8.35. The number of benzene rings is 1. The standard InChI is InChI=1S/C10H7ClF4OS/c11-5-7(16)3-6-1-2-8(12)9(4-6)17-10(13,14)15/h1-2,4H,3,5H2. The van der Waals surface area contributed by atoms with Gasteiger partial charge in [-0.25, -0.2) is 4.39 Å². The summed E-state index contributed by atoms with van der Waals surface area (Å²) in [4.78, 5) is 10.5. The van der Waals surface area contributed by atoms with Crippen molar-refractivity contribution in [3.8, 4) is 0 Å². The number of halogens is 5. The highest BCUT2D eigenvalue weighted by Crippen LogP contribution is 2.38. The summed E-state index contributed by atoms with van der Waals surface area (Å²) in [7, 11) is 0. The minimum atomic E-state index is -4.56. The maximum absolute atomic E-state index is 13.1. The van der Waals surface area contributed by atoms with Crippen molar-refractivity contribution in [2.45, 2.75) is 16.8 Å². The molecular formula is C10H7ClF4OS. The van der Waals surface area contributed by atoms with Gasteiger partial charge in [-0.3, -0.25) is 4.79 Å². The lowest BCUT2D eigenvalue weighted by molar-refractivity contribution is -0.116. The molecule has 0 radical (unpaired) electrons. The van der Waals surface area contributed by atoms with Gasteiger partial charge in [0, 0.05) is 6.42 Å². The van der Waals surface area contributed by atoms with Crippen LogP contribution >= 0.6 is 23.4 Å². The van der Waals surface area contributed by atoms with Crippen molar-refractivity contribution in [2.75, 3.05) is 5.88 Å². The predicted molar refractivity (Wildman–Crippen MR) is 57.7 cm³/mol. The van der Waals surface area contributed by atoms with E-state index in [1.54, 1.807) is 0 Å². The number of carbonyl (C=O) groups is 1. The lowest BCUT2D eigenvalue weighted by Crippen LogP contribution is -2.05. The zero-order valence-corrected chi connectivity index (χ0v) is 9.93. The van der Waals surface area contributed by atoms with E-state index in [1.165, 1.54) is 6.07 Å². The summed E-state index contributed by atoms with van der Waals surface area (Å²) in [6.07, 6.45) is -0.102. The Morgan fingerprint density at radius 3 is 2.53 bits per heavy atom. The Hall–Kier alpha value is -0.750. The molecule has 1 rings (SSSR count). The number of rotatable bonds is 4. The van der Waals surface area contributed by atoms with Gasteiger partial charge in [0.2, 0.25) is 0 Å². The van der Waals surface area contributed by atoms with Crippen LogP contribution in [0.1, 0.15) is 5.56 Å². The summed E-state index contributed by atoms with van der Waals surface area (Å²) in [5.74, 6) is -1.52. The topological polar surface area (TPSA) is 17.1 Å². The van der Waals surface area contributed by atoms with Crippen LogP contribution in [0, 0.1) is 5.82 Å². The van der Waals surface area contributed by atoms with Crippen LogP contribution in [0.2, 0.25) is 0 Å². The molecule has 17 heavy (non-hydrogen) atoms. The highest BCUT2D eigenvalue weighted by atomic mass is 35.5. The van der Waals surface area contributed by atoms with E-state index >= 15 is 0 Å². The van der Waals surface area contributed by atoms with Crippen molar-refractivity contribution >= 4 is 29.1 Å². The number of alkyl halides is 4. The van der Waals surface area contributed by atoms with Gasteiger partial charge in [-0.15, -0.1) is 11.6 Å². The van der Waals surface area contributed by atoms with E-state index in [4.69, 9.17) is 11.6 Å². The number of hydrogen-bond donors (Lipinski definition) is 0. The Bertz CT molecular complexity index is 419. The molecular weight excluding hydrogens is 280 g/mol. The SMILES string of the molecule is O=C(CCl)Cc1ccc(F)c(SC(F)(F)F)c1. The molecule has 7 heteroatoms. The van der Waals surface area contributed by atoms with Crippen molar-refractivity contribution < 1.29 is 22.4 Å². The van der Waals surface area contributed by atoms with Gasteiger partial charge in [0.15, 0.2) is 5.78 Å². The summed E-state index contributed by atoms with van der Waals surface area (Å²) < 4.78 is 49.4. The van der Waals surface area contributed by atoms with Gasteiger partial charge in [-0.05, 0) is 29.5 Å². The lowest BCUT2D eigenvalue weighted by Gasteiger charge is -2.08. The zero-order chi connectivity index (χ0) is 13.1. The summed E-state index contributed by atoms with van der Waals surface area (Å²) in [5, 5.41) is 0. The maximum Gasteiger partial charge on any atom is 0.446 e. The minimum absolute atomic E-state index is 0.102. The molecule has 0 heterocycles. The van der Waals surface area contributed by atoms with E-state index in [2.05, 4.69) is 0 Å². The second kappa shape index (κ2) is 5.73. The smallest absolute Gasteiger partial charge is 0.298 e. The van der Waals surface area contributed by atoms with Crippen LogP contribution in [0.3, 0.4) is 0 Å². The molecule has 0 aliphatic carbocycles. The van der Waals surface area contributed by atoms with Crippen molar-refractivity contribution in [2.24, 2.45) is 0 Å². The van der Waals surface area contributed by atoms with E-state index in [1.807, 2.05) is 0 Å². The molecule has 0 spiro atoms. The minimum Gasteiger partial charge on any atom is -0.298 e.